The molecule has 0 radical (unpaired) electrons. The van der Waals surface area contributed by atoms with Gasteiger partial charge in [-0.3, -0.25) is 4.79 Å². The average molecular weight is 392 g/mol. The third-order valence-corrected chi connectivity index (χ3v) is 4.44. The quantitative estimate of drug-likeness (QED) is 0.648. The molecule has 2 heterocycles. The highest BCUT2D eigenvalue weighted by molar-refractivity contribution is 5.89. The Labute approximate surface area is 172 Å². The van der Waals surface area contributed by atoms with Crippen LogP contribution in [0.2, 0.25) is 0 Å². The SMILES string of the molecule is CC(=O)Nc1ccc2c(c1)C=CC(C)(C)O2.CC1(C)C=Cc2cc(N)ccc2O1. The molecule has 0 unspecified atom stereocenters. The third-order valence-electron chi connectivity index (χ3n) is 4.44. The number of carbonyl (C=O) groups excluding carboxylic acids is 1. The summed E-state index contributed by atoms with van der Waals surface area (Å²) in [5, 5.41) is 2.75. The monoisotopic (exact) mass is 392 g/mol. The van der Waals surface area contributed by atoms with Gasteiger partial charge in [-0.15, -0.1) is 0 Å². The van der Waals surface area contributed by atoms with Crippen molar-refractivity contribution in [1.82, 2.24) is 0 Å². The van der Waals surface area contributed by atoms with Crippen LogP contribution in [0, 0.1) is 0 Å². The first-order valence-corrected chi connectivity index (χ1v) is 9.61. The predicted octanol–water partition coefficient (Wildman–Crippen LogP) is 5.28. The average Bonchev–Trinajstić information content (AvgIpc) is 2.61. The van der Waals surface area contributed by atoms with Crippen LogP contribution >= 0.6 is 0 Å². The first-order chi connectivity index (χ1) is 13.5. The molecule has 0 atom stereocenters. The lowest BCUT2D eigenvalue weighted by molar-refractivity contribution is -0.114. The van der Waals surface area contributed by atoms with Gasteiger partial charge in [0.05, 0.1) is 0 Å². The van der Waals surface area contributed by atoms with E-state index in [1.54, 1.807) is 0 Å². The fraction of sp³-hybridized carbons (Fsp3) is 0.292. The minimum Gasteiger partial charge on any atom is -0.483 e. The van der Waals surface area contributed by atoms with E-state index >= 15 is 0 Å². The highest BCUT2D eigenvalue weighted by atomic mass is 16.5. The zero-order valence-corrected chi connectivity index (χ0v) is 17.6. The number of carbonyl (C=O) groups is 1. The van der Waals surface area contributed by atoms with E-state index in [1.807, 2.05) is 82.3 Å². The number of ether oxygens (including phenoxy) is 2. The Morgan fingerprint density at radius 3 is 1.93 bits per heavy atom. The van der Waals surface area contributed by atoms with Crippen LogP contribution in [-0.4, -0.2) is 17.1 Å². The van der Waals surface area contributed by atoms with E-state index in [4.69, 9.17) is 15.2 Å². The minimum absolute atomic E-state index is 0.0685. The number of nitrogens with one attached hydrogen (secondary N) is 1. The summed E-state index contributed by atoms with van der Waals surface area (Å²) in [6.07, 6.45) is 8.11. The molecule has 0 fully saturated rings. The second-order valence-corrected chi connectivity index (χ2v) is 8.31. The number of nitrogens with two attached hydrogens (primary N) is 1. The normalized spacial score (nSPS) is 16.9. The van der Waals surface area contributed by atoms with Crippen LogP contribution in [0.3, 0.4) is 0 Å². The van der Waals surface area contributed by atoms with Gasteiger partial charge in [-0.05, 0) is 76.2 Å². The van der Waals surface area contributed by atoms with E-state index in [9.17, 15) is 4.79 Å². The maximum absolute atomic E-state index is 10.9. The number of benzene rings is 2. The van der Waals surface area contributed by atoms with Crippen molar-refractivity contribution < 1.29 is 14.3 Å². The second kappa shape index (κ2) is 7.66. The molecule has 29 heavy (non-hydrogen) atoms. The molecular weight excluding hydrogens is 364 g/mol. The third kappa shape index (κ3) is 5.41. The number of nitrogen functional groups attached to an aromatic ring is 1. The van der Waals surface area contributed by atoms with Gasteiger partial charge in [0, 0.05) is 29.4 Å². The molecule has 3 N–H and O–H groups in total. The van der Waals surface area contributed by atoms with Gasteiger partial charge in [0.2, 0.25) is 5.91 Å². The molecule has 2 aromatic rings. The van der Waals surface area contributed by atoms with Gasteiger partial charge in [-0.25, -0.2) is 0 Å². The van der Waals surface area contributed by atoms with Crippen molar-refractivity contribution in [3.63, 3.8) is 0 Å². The first kappa shape index (κ1) is 20.5. The molecule has 0 aromatic heterocycles. The largest absolute Gasteiger partial charge is 0.483 e. The van der Waals surface area contributed by atoms with Gasteiger partial charge in [-0.1, -0.05) is 12.2 Å². The van der Waals surface area contributed by atoms with E-state index in [0.717, 1.165) is 34.0 Å². The number of amides is 1. The summed E-state index contributed by atoms with van der Waals surface area (Å²) in [6.45, 7) is 9.57. The fourth-order valence-corrected chi connectivity index (χ4v) is 3.06. The van der Waals surface area contributed by atoms with Gasteiger partial charge >= 0.3 is 0 Å². The molecular formula is C24H28N2O3. The molecule has 0 saturated heterocycles. The Bertz CT molecular complexity index is 988. The van der Waals surface area contributed by atoms with Crippen LogP contribution in [0.5, 0.6) is 11.5 Å². The van der Waals surface area contributed by atoms with E-state index in [-0.39, 0.29) is 17.1 Å². The first-order valence-electron chi connectivity index (χ1n) is 9.61. The lowest BCUT2D eigenvalue weighted by Gasteiger charge is -2.28. The molecule has 4 rings (SSSR count). The Hall–Kier alpha value is -3.21. The molecule has 0 saturated carbocycles. The lowest BCUT2D eigenvalue weighted by atomic mass is 10.0. The maximum Gasteiger partial charge on any atom is 0.221 e. The molecule has 0 spiro atoms. The molecule has 5 heteroatoms. The van der Waals surface area contributed by atoms with Crippen molar-refractivity contribution in [3.8, 4) is 11.5 Å². The number of anilines is 2. The van der Waals surface area contributed by atoms with Crippen molar-refractivity contribution in [3.05, 3.63) is 59.7 Å². The van der Waals surface area contributed by atoms with Gasteiger partial charge in [0.15, 0.2) is 0 Å². The number of fused-ring (bicyclic) bond motifs is 2. The van der Waals surface area contributed by atoms with Crippen LogP contribution in [0.25, 0.3) is 12.2 Å². The summed E-state index contributed by atoms with van der Waals surface area (Å²) in [5.74, 6) is 1.68. The highest BCUT2D eigenvalue weighted by Gasteiger charge is 2.22. The minimum atomic E-state index is -0.261. The molecule has 2 aliphatic heterocycles. The predicted molar refractivity (Wildman–Crippen MR) is 119 cm³/mol. The number of rotatable bonds is 1. The van der Waals surface area contributed by atoms with Crippen molar-refractivity contribution in [2.24, 2.45) is 0 Å². The summed E-state index contributed by atoms with van der Waals surface area (Å²) < 4.78 is 11.5. The molecule has 1 amide bonds. The molecule has 152 valence electrons. The van der Waals surface area contributed by atoms with Gasteiger partial charge in [0.25, 0.3) is 0 Å². The highest BCUT2D eigenvalue weighted by Crippen LogP contribution is 2.33. The van der Waals surface area contributed by atoms with Crippen LogP contribution in [0.15, 0.2) is 48.6 Å². The number of hydrogen-bond acceptors (Lipinski definition) is 4. The summed E-state index contributed by atoms with van der Waals surface area (Å²) in [4.78, 5) is 10.9. The Kier molecular flexibility index (Phi) is 5.42. The Balaban J connectivity index is 0.000000169. The van der Waals surface area contributed by atoms with Gasteiger partial charge in [0.1, 0.15) is 22.7 Å². The standard InChI is InChI=1S/C13H15NO2.C11H13NO/c1-9(15)14-11-4-5-12-10(8-11)6-7-13(2,3)16-12;1-11(2)6-5-8-7-9(12)3-4-10(8)13-11/h4-8H,1-3H3,(H,14,15);3-7H,12H2,1-2H3. The molecule has 2 aromatic carbocycles. The smallest absolute Gasteiger partial charge is 0.221 e. The van der Waals surface area contributed by atoms with Crippen molar-refractivity contribution in [2.45, 2.75) is 45.8 Å². The van der Waals surface area contributed by atoms with Gasteiger partial charge in [-0.2, -0.15) is 0 Å². The van der Waals surface area contributed by atoms with E-state index in [0.29, 0.717) is 0 Å². The zero-order chi connectivity index (χ0) is 21.2. The zero-order valence-electron chi connectivity index (χ0n) is 17.6. The Morgan fingerprint density at radius 1 is 0.862 bits per heavy atom. The van der Waals surface area contributed by atoms with E-state index < -0.39 is 0 Å². The van der Waals surface area contributed by atoms with Crippen LogP contribution < -0.4 is 20.5 Å². The second-order valence-electron chi connectivity index (χ2n) is 8.31. The lowest BCUT2D eigenvalue weighted by Crippen LogP contribution is -2.27. The van der Waals surface area contributed by atoms with Crippen LogP contribution in [0.1, 0.15) is 45.7 Å². The van der Waals surface area contributed by atoms with E-state index in [1.165, 1.54) is 6.92 Å². The molecule has 0 aliphatic carbocycles. The summed E-state index contributed by atoms with van der Waals surface area (Å²) in [5.41, 5.74) is 8.80. The number of hydrogen-bond donors (Lipinski definition) is 2. The summed E-state index contributed by atoms with van der Waals surface area (Å²) >= 11 is 0. The van der Waals surface area contributed by atoms with E-state index in [2.05, 4.69) is 11.4 Å². The molecule has 0 bridgehead atoms. The van der Waals surface area contributed by atoms with Crippen molar-refractivity contribution in [2.75, 3.05) is 11.1 Å². The molecule has 2 aliphatic rings. The Morgan fingerprint density at radius 2 is 1.38 bits per heavy atom. The topological polar surface area (TPSA) is 73.6 Å². The van der Waals surface area contributed by atoms with Crippen LogP contribution in [0.4, 0.5) is 11.4 Å². The van der Waals surface area contributed by atoms with Gasteiger partial charge < -0.3 is 20.5 Å². The maximum atomic E-state index is 10.9. The summed E-state index contributed by atoms with van der Waals surface area (Å²) in [6, 6.07) is 11.3. The van der Waals surface area contributed by atoms with Crippen molar-refractivity contribution >= 4 is 29.4 Å². The van der Waals surface area contributed by atoms with Crippen molar-refractivity contribution in [1.29, 1.82) is 0 Å². The molecule has 5 nitrogen and oxygen atoms in total. The van der Waals surface area contributed by atoms with Crippen LogP contribution in [-0.2, 0) is 4.79 Å². The summed E-state index contributed by atoms with van der Waals surface area (Å²) in [7, 11) is 0. The fourth-order valence-electron chi connectivity index (χ4n) is 3.06.